The zero-order valence-electron chi connectivity index (χ0n) is 10.5. The molecule has 0 amide bonds. The Balaban J connectivity index is 2.81. The van der Waals surface area contributed by atoms with Crippen LogP contribution < -0.4 is 0 Å². The Morgan fingerprint density at radius 3 is 2.44 bits per heavy atom. The molecule has 0 saturated carbocycles. The number of nitriles is 1. The zero-order valence-corrected chi connectivity index (χ0v) is 11.3. The minimum atomic E-state index is -3.50. The molecule has 0 aliphatic heterocycles. The summed E-state index contributed by atoms with van der Waals surface area (Å²) in [4.78, 5) is 0.181. The van der Waals surface area contributed by atoms with E-state index in [4.69, 9.17) is 10.00 Å². The molecule has 0 saturated heterocycles. The van der Waals surface area contributed by atoms with Gasteiger partial charge in [0.05, 0.1) is 23.1 Å². The van der Waals surface area contributed by atoms with E-state index < -0.39 is 10.0 Å². The number of rotatable bonds is 6. The van der Waals surface area contributed by atoms with Gasteiger partial charge in [-0.2, -0.15) is 9.57 Å². The second-order valence-electron chi connectivity index (χ2n) is 3.66. The summed E-state index contributed by atoms with van der Waals surface area (Å²) in [6, 6.07) is 7.80. The van der Waals surface area contributed by atoms with Crippen molar-refractivity contribution < 1.29 is 13.2 Å². The Hall–Kier alpha value is -1.42. The van der Waals surface area contributed by atoms with Gasteiger partial charge in [-0.05, 0) is 31.2 Å². The third kappa shape index (κ3) is 3.53. The van der Waals surface area contributed by atoms with E-state index >= 15 is 0 Å². The summed E-state index contributed by atoms with van der Waals surface area (Å²) in [5.74, 6) is 0. The van der Waals surface area contributed by atoms with Gasteiger partial charge < -0.3 is 4.74 Å². The molecule has 0 unspecified atom stereocenters. The molecule has 0 spiro atoms. The van der Waals surface area contributed by atoms with Crippen LogP contribution in [0, 0.1) is 11.3 Å². The minimum absolute atomic E-state index is 0.181. The molecule has 5 nitrogen and oxygen atoms in total. The fraction of sp³-hybridized carbons (Fsp3) is 0.417. The van der Waals surface area contributed by atoms with Crippen molar-refractivity contribution in [1.29, 1.82) is 5.26 Å². The maximum Gasteiger partial charge on any atom is 0.242 e. The summed E-state index contributed by atoms with van der Waals surface area (Å²) >= 11 is 0. The fourth-order valence-electron chi connectivity index (χ4n) is 1.34. The molecule has 0 heterocycles. The van der Waals surface area contributed by atoms with Crippen LogP contribution in [-0.2, 0) is 14.8 Å². The maximum absolute atomic E-state index is 12.1. The number of sulfonamides is 1. The third-order valence-corrected chi connectivity index (χ3v) is 4.32. The number of hydrogen-bond donors (Lipinski definition) is 0. The quantitative estimate of drug-likeness (QED) is 0.727. The van der Waals surface area contributed by atoms with Gasteiger partial charge in [-0.1, -0.05) is 0 Å². The molecule has 0 radical (unpaired) electrons. The van der Waals surface area contributed by atoms with Crippen molar-refractivity contribution in [3.05, 3.63) is 29.8 Å². The molecule has 0 bridgehead atoms. The van der Waals surface area contributed by atoms with E-state index in [1.165, 1.54) is 35.6 Å². The van der Waals surface area contributed by atoms with E-state index in [9.17, 15) is 8.42 Å². The van der Waals surface area contributed by atoms with Crippen LogP contribution in [0.3, 0.4) is 0 Å². The molecule has 6 heteroatoms. The Kier molecular flexibility index (Phi) is 5.28. The first-order valence-corrected chi connectivity index (χ1v) is 7.00. The fourth-order valence-corrected chi connectivity index (χ4v) is 2.49. The summed E-state index contributed by atoms with van der Waals surface area (Å²) in [5, 5.41) is 8.66. The molecule has 1 aromatic rings. The van der Waals surface area contributed by atoms with E-state index in [-0.39, 0.29) is 4.90 Å². The van der Waals surface area contributed by atoms with E-state index in [0.29, 0.717) is 25.3 Å². The number of nitrogens with zero attached hydrogens (tertiary/aromatic N) is 2. The summed E-state index contributed by atoms with van der Waals surface area (Å²) < 4.78 is 30.6. The minimum Gasteiger partial charge on any atom is -0.380 e. The molecule has 0 aliphatic carbocycles. The zero-order chi connectivity index (χ0) is 13.6. The van der Waals surface area contributed by atoms with Crippen LogP contribution >= 0.6 is 0 Å². The molecule has 0 aromatic heterocycles. The van der Waals surface area contributed by atoms with Crippen LogP contribution in [0.4, 0.5) is 0 Å². The normalized spacial score (nSPS) is 11.4. The highest BCUT2D eigenvalue weighted by Gasteiger charge is 2.20. The van der Waals surface area contributed by atoms with Gasteiger partial charge in [-0.3, -0.25) is 0 Å². The lowest BCUT2D eigenvalue weighted by molar-refractivity contribution is 0.138. The van der Waals surface area contributed by atoms with Crippen molar-refractivity contribution in [1.82, 2.24) is 4.31 Å². The van der Waals surface area contributed by atoms with E-state index in [1.54, 1.807) is 0 Å². The smallest absolute Gasteiger partial charge is 0.242 e. The first kappa shape index (κ1) is 14.6. The van der Waals surface area contributed by atoms with E-state index in [2.05, 4.69) is 0 Å². The first-order valence-electron chi connectivity index (χ1n) is 5.56. The van der Waals surface area contributed by atoms with Crippen LogP contribution in [0.25, 0.3) is 0 Å². The highest BCUT2D eigenvalue weighted by atomic mass is 32.2. The van der Waals surface area contributed by atoms with Crippen molar-refractivity contribution in [2.45, 2.75) is 11.8 Å². The Bertz CT molecular complexity index is 517. The van der Waals surface area contributed by atoms with Gasteiger partial charge in [-0.15, -0.1) is 0 Å². The van der Waals surface area contributed by atoms with Crippen molar-refractivity contribution >= 4 is 10.0 Å². The third-order valence-electron chi connectivity index (χ3n) is 2.45. The second-order valence-corrected chi connectivity index (χ2v) is 5.70. The van der Waals surface area contributed by atoms with Crippen LogP contribution in [0.15, 0.2) is 29.2 Å². The summed E-state index contributed by atoms with van der Waals surface area (Å²) in [6.45, 7) is 3.08. The monoisotopic (exact) mass is 268 g/mol. The van der Waals surface area contributed by atoms with E-state index in [0.717, 1.165) is 0 Å². The molecular weight excluding hydrogens is 252 g/mol. The van der Waals surface area contributed by atoms with Crippen molar-refractivity contribution in [2.24, 2.45) is 0 Å². The highest BCUT2D eigenvalue weighted by Crippen LogP contribution is 2.14. The van der Waals surface area contributed by atoms with Gasteiger partial charge in [0.15, 0.2) is 0 Å². The Morgan fingerprint density at radius 1 is 1.33 bits per heavy atom. The Labute approximate surface area is 108 Å². The van der Waals surface area contributed by atoms with Gasteiger partial charge in [-0.25, -0.2) is 8.42 Å². The van der Waals surface area contributed by atoms with Crippen LogP contribution in [0.1, 0.15) is 12.5 Å². The van der Waals surface area contributed by atoms with E-state index in [1.807, 2.05) is 13.0 Å². The first-order chi connectivity index (χ1) is 8.52. The van der Waals surface area contributed by atoms with Gasteiger partial charge in [0.2, 0.25) is 10.0 Å². The highest BCUT2D eigenvalue weighted by molar-refractivity contribution is 7.89. The average molecular weight is 268 g/mol. The predicted molar refractivity (Wildman–Crippen MR) is 67.5 cm³/mol. The van der Waals surface area contributed by atoms with Gasteiger partial charge in [0.25, 0.3) is 0 Å². The number of benzene rings is 1. The Morgan fingerprint density at radius 2 is 1.94 bits per heavy atom. The van der Waals surface area contributed by atoms with Crippen LogP contribution in [0.5, 0.6) is 0 Å². The largest absolute Gasteiger partial charge is 0.380 e. The van der Waals surface area contributed by atoms with Crippen molar-refractivity contribution in [3.8, 4) is 6.07 Å². The number of ether oxygens (including phenoxy) is 1. The molecule has 0 fully saturated rings. The average Bonchev–Trinajstić information content (AvgIpc) is 2.39. The van der Waals surface area contributed by atoms with Gasteiger partial charge in [0.1, 0.15) is 0 Å². The maximum atomic E-state index is 12.1. The second kappa shape index (κ2) is 6.50. The predicted octanol–water partition coefficient (Wildman–Crippen LogP) is 1.22. The lowest BCUT2D eigenvalue weighted by Crippen LogP contribution is -2.30. The van der Waals surface area contributed by atoms with Gasteiger partial charge in [0, 0.05) is 20.2 Å². The molecular formula is C12H16N2O3S. The van der Waals surface area contributed by atoms with Crippen molar-refractivity contribution in [3.63, 3.8) is 0 Å². The summed E-state index contributed by atoms with van der Waals surface area (Å²) in [7, 11) is -1.99. The van der Waals surface area contributed by atoms with Crippen LogP contribution in [0.2, 0.25) is 0 Å². The summed E-state index contributed by atoms with van der Waals surface area (Å²) in [5.41, 5.74) is 0.436. The molecule has 1 aromatic carbocycles. The lowest BCUT2D eigenvalue weighted by Gasteiger charge is -2.16. The molecule has 98 valence electrons. The molecule has 18 heavy (non-hydrogen) atoms. The standard InChI is InChI=1S/C12H16N2O3S/c1-3-17-9-8-14(2)18(15,16)12-6-4-11(10-13)5-7-12/h4-7H,3,8-9H2,1-2H3. The summed E-state index contributed by atoms with van der Waals surface area (Å²) in [6.07, 6.45) is 0. The number of hydrogen-bond acceptors (Lipinski definition) is 4. The lowest BCUT2D eigenvalue weighted by atomic mass is 10.2. The molecule has 0 atom stereocenters. The van der Waals surface area contributed by atoms with Crippen LogP contribution in [-0.4, -0.2) is 39.5 Å². The van der Waals surface area contributed by atoms with Crippen molar-refractivity contribution in [2.75, 3.05) is 26.8 Å². The molecule has 0 aliphatic rings. The van der Waals surface area contributed by atoms with Gasteiger partial charge >= 0.3 is 0 Å². The number of likely N-dealkylation sites (N-methyl/N-ethyl adjacent to an activating group) is 1. The topological polar surface area (TPSA) is 70.4 Å². The molecule has 1 rings (SSSR count). The molecule has 0 N–H and O–H groups in total. The SMILES string of the molecule is CCOCCN(C)S(=O)(=O)c1ccc(C#N)cc1.